The SMILES string of the molecule is CCn1nc(C[C@@H](C)CO)c2c1C(=O)NCC1(CCOCC1)C2. The molecule has 2 N–H and O–H groups in total. The molecule has 0 unspecified atom stereocenters. The number of aliphatic hydroxyl groups is 1. The highest BCUT2D eigenvalue weighted by Crippen LogP contribution is 2.38. The molecule has 0 aliphatic carbocycles. The van der Waals surface area contributed by atoms with Gasteiger partial charge in [0.05, 0.1) is 5.69 Å². The molecule has 3 heterocycles. The van der Waals surface area contributed by atoms with Crippen LogP contribution in [0.15, 0.2) is 0 Å². The van der Waals surface area contributed by atoms with Crippen molar-refractivity contribution in [3.63, 3.8) is 0 Å². The van der Waals surface area contributed by atoms with Gasteiger partial charge in [0.2, 0.25) is 0 Å². The molecular formula is C17H27N3O3. The smallest absolute Gasteiger partial charge is 0.269 e. The van der Waals surface area contributed by atoms with Crippen LogP contribution >= 0.6 is 0 Å². The molecule has 0 bridgehead atoms. The van der Waals surface area contributed by atoms with Crippen LogP contribution in [0.25, 0.3) is 0 Å². The van der Waals surface area contributed by atoms with Crippen molar-refractivity contribution in [3.05, 3.63) is 17.0 Å². The van der Waals surface area contributed by atoms with E-state index in [0.717, 1.165) is 49.4 Å². The Balaban J connectivity index is 2.00. The first-order valence-corrected chi connectivity index (χ1v) is 8.64. The predicted molar refractivity (Wildman–Crippen MR) is 86.4 cm³/mol. The zero-order valence-electron chi connectivity index (χ0n) is 14.1. The zero-order valence-corrected chi connectivity index (χ0v) is 14.1. The molecule has 23 heavy (non-hydrogen) atoms. The van der Waals surface area contributed by atoms with Gasteiger partial charge in [0.15, 0.2) is 0 Å². The van der Waals surface area contributed by atoms with E-state index < -0.39 is 0 Å². The van der Waals surface area contributed by atoms with Crippen LogP contribution in [0.3, 0.4) is 0 Å². The lowest BCUT2D eigenvalue weighted by Crippen LogP contribution is -2.40. The fraction of sp³-hybridized carbons (Fsp3) is 0.765. The van der Waals surface area contributed by atoms with Gasteiger partial charge in [0.25, 0.3) is 5.91 Å². The molecule has 6 nitrogen and oxygen atoms in total. The topological polar surface area (TPSA) is 76.4 Å². The van der Waals surface area contributed by atoms with E-state index in [-0.39, 0.29) is 23.8 Å². The number of hydrogen-bond acceptors (Lipinski definition) is 4. The fourth-order valence-corrected chi connectivity index (χ4v) is 3.72. The second kappa shape index (κ2) is 6.61. The van der Waals surface area contributed by atoms with Crippen molar-refractivity contribution >= 4 is 5.91 Å². The second-order valence-corrected chi connectivity index (χ2v) is 7.05. The largest absolute Gasteiger partial charge is 0.396 e. The molecule has 3 rings (SSSR count). The molecule has 2 aliphatic heterocycles. The first-order valence-electron chi connectivity index (χ1n) is 8.64. The Labute approximate surface area is 137 Å². The molecule has 0 saturated carbocycles. The fourth-order valence-electron chi connectivity index (χ4n) is 3.72. The van der Waals surface area contributed by atoms with E-state index in [0.29, 0.717) is 19.5 Å². The third kappa shape index (κ3) is 3.15. The van der Waals surface area contributed by atoms with Gasteiger partial charge < -0.3 is 15.2 Å². The Hall–Kier alpha value is -1.40. The highest BCUT2D eigenvalue weighted by molar-refractivity contribution is 5.94. The zero-order chi connectivity index (χ0) is 16.4. The van der Waals surface area contributed by atoms with E-state index in [1.807, 2.05) is 18.5 Å². The summed E-state index contributed by atoms with van der Waals surface area (Å²) < 4.78 is 7.35. The first-order chi connectivity index (χ1) is 11.1. The molecule has 6 heteroatoms. The van der Waals surface area contributed by atoms with E-state index in [9.17, 15) is 9.90 Å². The van der Waals surface area contributed by atoms with E-state index in [1.165, 1.54) is 0 Å². The average Bonchev–Trinajstić information content (AvgIpc) is 2.83. The maximum absolute atomic E-state index is 12.6. The van der Waals surface area contributed by atoms with Gasteiger partial charge in [-0.3, -0.25) is 9.48 Å². The van der Waals surface area contributed by atoms with Crippen molar-refractivity contribution in [1.29, 1.82) is 0 Å². The lowest BCUT2D eigenvalue weighted by molar-refractivity contribution is 0.0160. The van der Waals surface area contributed by atoms with Gasteiger partial charge in [-0.25, -0.2) is 0 Å². The Morgan fingerprint density at radius 1 is 1.43 bits per heavy atom. The van der Waals surface area contributed by atoms with Crippen molar-refractivity contribution in [2.75, 3.05) is 26.4 Å². The molecule has 0 aromatic carbocycles. The third-order valence-corrected chi connectivity index (χ3v) is 5.23. The van der Waals surface area contributed by atoms with E-state index in [1.54, 1.807) is 0 Å². The lowest BCUT2D eigenvalue weighted by atomic mass is 9.75. The Morgan fingerprint density at radius 2 is 2.17 bits per heavy atom. The maximum Gasteiger partial charge on any atom is 0.269 e. The highest BCUT2D eigenvalue weighted by atomic mass is 16.5. The molecule has 1 saturated heterocycles. The number of ether oxygens (including phenoxy) is 1. The minimum atomic E-state index is -0.0133. The summed E-state index contributed by atoms with van der Waals surface area (Å²) >= 11 is 0. The molecule has 2 aliphatic rings. The monoisotopic (exact) mass is 321 g/mol. The lowest BCUT2D eigenvalue weighted by Gasteiger charge is -2.36. The van der Waals surface area contributed by atoms with Gasteiger partial charge in [-0.2, -0.15) is 5.10 Å². The van der Waals surface area contributed by atoms with Crippen molar-refractivity contribution in [2.24, 2.45) is 11.3 Å². The van der Waals surface area contributed by atoms with E-state index in [4.69, 9.17) is 4.74 Å². The molecule has 1 aromatic rings. The van der Waals surface area contributed by atoms with E-state index in [2.05, 4.69) is 10.4 Å². The average molecular weight is 321 g/mol. The van der Waals surface area contributed by atoms with Gasteiger partial charge in [-0.05, 0) is 43.9 Å². The number of aromatic nitrogens is 2. The van der Waals surface area contributed by atoms with Gasteiger partial charge >= 0.3 is 0 Å². The number of carbonyl (C=O) groups is 1. The van der Waals surface area contributed by atoms with Crippen LogP contribution in [0.2, 0.25) is 0 Å². The summed E-state index contributed by atoms with van der Waals surface area (Å²) in [6, 6.07) is 0. The Bertz CT molecular complexity index is 576. The van der Waals surface area contributed by atoms with E-state index >= 15 is 0 Å². The molecule has 0 radical (unpaired) electrons. The van der Waals surface area contributed by atoms with Crippen LogP contribution in [-0.2, 0) is 24.1 Å². The maximum atomic E-state index is 12.6. The highest BCUT2D eigenvalue weighted by Gasteiger charge is 2.39. The number of nitrogens with one attached hydrogen (secondary N) is 1. The summed E-state index contributed by atoms with van der Waals surface area (Å²) in [5.41, 5.74) is 2.86. The summed E-state index contributed by atoms with van der Waals surface area (Å²) in [6.45, 7) is 7.07. The molecule has 128 valence electrons. The van der Waals surface area contributed by atoms with Gasteiger partial charge in [0.1, 0.15) is 5.69 Å². The van der Waals surface area contributed by atoms with Crippen LogP contribution in [0, 0.1) is 11.3 Å². The Kier molecular flexibility index (Phi) is 4.73. The number of aliphatic hydroxyl groups excluding tert-OH is 1. The first kappa shape index (κ1) is 16.5. The van der Waals surface area contributed by atoms with Gasteiger partial charge in [0, 0.05) is 38.5 Å². The van der Waals surface area contributed by atoms with Crippen molar-refractivity contribution in [1.82, 2.24) is 15.1 Å². The number of carbonyl (C=O) groups excluding carboxylic acids is 1. The number of fused-ring (bicyclic) bond motifs is 1. The van der Waals surface area contributed by atoms with Crippen LogP contribution in [0.1, 0.15) is 48.4 Å². The summed E-state index contributed by atoms with van der Waals surface area (Å²) in [6.07, 6.45) is 3.53. The number of hydrogen-bond donors (Lipinski definition) is 2. The number of rotatable bonds is 4. The minimum absolute atomic E-state index is 0.0133. The van der Waals surface area contributed by atoms with Crippen LogP contribution in [0.5, 0.6) is 0 Å². The molecular weight excluding hydrogens is 294 g/mol. The molecule has 1 fully saturated rings. The van der Waals surface area contributed by atoms with Crippen LogP contribution in [0.4, 0.5) is 0 Å². The van der Waals surface area contributed by atoms with Crippen LogP contribution in [-0.4, -0.2) is 47.2 Å². The normalized spacial score (nSPS) is 21.6. The third-order valence-electron chi connectivity index (χ3n) is 5.23. The van der Waals surface area contributed by atoms with Crippen molar-refractivity contribution in [3.8, 4) is 0 Å². The number of amides is 1. The molecule has 1 aromatic heterocycles. The molecule has 1 amide bonds. The van der Waals surface area contributed by atoms with Gasteiger partial charge in [-0.1, -0.05) is 6.92 Å². The number of nitrogens with zero attached hydrogens (tertiary/aromatic N) is 2. The predicted octanol–water partition coefficient (Wildman–Crippen LogP) is 1.16. The second-order valence-electron chi connectivity index (χ2n) is 7.05. The Morgan fingerprint density at radius 3 is 2.83 bits per heavy atom. The van der Waals surface area contributed by atoms with Crippen LogP contribution < -0.4 is 5.32 Å². The standard InChI is InChI=1S/C17H27N3O3/c1-3-20-15-13(14(19-20)8-12(2)10-21)9-17(11-18-16(15)22)4-6-23-7-5-17/h12,21H,3-11H2,1-2H3,(H,18,22)/t12-/m1/s1. The molecule has 1 spiro atoms. The van der Waals surface area contributed by atoms with Crippen molar-refractivity contribution in [2.45, 2.75) is 46.1 Å². The minimum Gasteiger partial charge on any atom is -0.396 e. The summed E-state index contributed by atoms with van der Waals surface area (Å²) in [5, 5.41) is 17.2. The summed E-state index contributed by atoms with van der Waals surface area (Å²) in [4.78, 5) is 12.6. The summed E-state index contributed by atoms with van der Waals surface area (Å²) in [5.74, 6) is 0.136. The quantitative estimate of drug-likeness (QED) is 0.872. The molecule has 1 atom stereocenters. The number of aryl methyl sites for hydroxylation is 1. The van der Waals surface area contributed by atoms with Crippen molar-refractivity contribution < 1.29 is 14.6 Å². The van der Waals surface area contributed by atoms with Gasteiger partial charge in [-0.15, -0.1) is 0 Å². The summed E-state index contributed by atoms with van der Waals surface area (Å²) in [7, 11) is 0.